The molecule has 0 unspecified atom stereocenters. The van der Waals surface area contributed by atoms with Crippen molar-refractivity contribution in [3.05, 3.63) is 23.5 Å². The van der Waals surface area contributed by atoms with E-state index in [1.807, 2.05) is 20.8 Å². The second kappa shape index (κ2) is 8.50. The third-order valence-electron chi connectivity index (χ3n) is 3.70. The maximum atomic E-state index is 14.7. The number of rotatable bonds is 9. The topological polar surface area (TPSA) is 36.9 Å². The lowest BCUT2D eigenvalue weighted by atomic mass is 9.99. The number of benzene rings is 1. The van der Waals surface area contributed by atoms with Gasteiger partial charge in [-0.05, 0) is 18.9 Å². The maximum Gasteiger partial charge on any atom is 0.197 e. The molecule has 0 amide bonds. The summed E-state index contributed by atoms with van der Waals surface area (Å²) in [7, 11) is 0. The van der Waals surface area contributed by atoms with E-state index in [1.54, 1.807) is 6.07 Å². The van der Waals surface area contributed by atoms with Crippen molar-refractivity contribution in [1.29, 1.82) is 0 Å². The first-order chi connectivity index (χ1) is 11.2. The Labute approximate surface area is 137 Å². The van der Waals surface area contributed by atoms with Crippen molar-refractivity contribution < 1.29 is 23.3 Å². The van der Waals surface area contributed by atoms with E-state index >= 15 is 0 Å². The molecule has 0 aliphatic carbocycles. The third-order valence-corrected chi connectivity index (χ3v) is 3.70. The predicted molar refractivity (Wildman–Crippen MR) is 86.5 cm³/mol. The van der Waals surface area contributed by atoms with Gasteiger partial charge in [-0.15, -0.1) is 0 Å². The summed E-state index contributed by atoms with van der Waals surface area (Å²) >= 11 is 0. The molecular weight excluding hydrogens is 299 g/mol. The summed E-state index contributed by atoms with van der Waals surface area (Å²) in [5.41, 5.74) is 0.395. The lowest BCUT2D eigenvalue weighted by Gasteiger charge is -2.28. The highest BCUT2D eigenvalue weighted by molar-refractivity contribution is 5.45. The van der Waals surface area contributed by atoms with Gasteiger partial charge in [-0.25, -0.2) is 4.39 Å². The van der Waals surface area contributed by atoms with Crippen LogP contribution in [-0.4, -0.2) is 26.4 Å². The number of hydrogen-bond donors (Lipinski definition) is 0. The quantitative estimate of drug-likeness (QED) is 0.674. The molecule has 1 aromatic rings. The summed E-state index contributed by atoms with van der Waals surface area (Å²) in [6.45, 7) is 8.08. The molecule has 130 valence electrons. The molecule has 0 atom stereocenters. The Morgan fingerprint density at radius 1 is 0.957 bits per heavy atom. The first-order valence-electron chi connectivity index (χ1n) is 8.54. The molecule has 4 nitrogen and oxygen atoms in total. The second-order valence-corrected chi connectivity index (χ2v) is 5.68. The summed E-state index contributed by atoms with van der Waals surface area (Å²) in [5, 5.41) is 0. The predicted octanol–water partition coefficient (Wildman–Crippen LogP) is 4.40. The van der Waals surface area contributed by atoms with Gasteiger partial charge >= 0.3 is 0 Å². The molecule has 1 aliphatic heterocycles. The number of ether oxygens (including phenoxy) is 4. The van der Waals surface area contributed by atoms with Crippen LogP contribution < -0.4 is 9.47 Å². The third kappa shape index (κ3) is 4.15. The molecule has 0 bridgehead atoms. The van der Waals surface area contributed by atoms with Gasteiger partial charge in [0, 0.05) is 12.5 Å². The SMILES string of the molecule is CCCOc1cc(F)c(C2(CCC)OCCO2)cc1OCCC. The Hall–Kier alpha value is -1.33. The molecule has 0 radical (unpaired) electrons. The van der Waals surface area contributed by atoms with Crippen LogP contribution in [0.15, 0.2) is 12.1 Å². The molecule has 5 heteroatoms. The fourth-order valence-electron chi connectivity index (χ4n) is 2.70. The van der Waals surface area contributed by atoms with Gasteiger partial charge in [-0.2, -0.15) is 0 Å². The molecule has 1 aromatic carbocycles. The van der Waals surface area contributed by atoms with Crippen LogP contribution in [0.2, 0.25) is 0 Å². The molecule has 0 saturated carbocycles. The smallest absolute Gasteiger partial charge is 0.197 e. The van der Waals surface area contributed by atoms with Crippen LogP contribution in [0.3, 0.4) is 0 Å². The Balaban J connectivity index is 2.38. The van der Waals surface area contributed by atoms with E-state index in [1.165, 1.54) is 6.07 Å². The monoisotopic (exact) mass is 326 g/mol. The van der Waals surface area contributed by atoms with Crippen LogP contribution in [-0.2, 0) is 15.3 Å². The van der Waals surface area contributed by atoms with Gasteiger partial charge in [0.1, 0.15) is 5.82 Å². The Morgan fingerprint density at radius 3 is 2.04 bits per heavy atom. The zero-order chi connectivity index (χ0) is 16.7. The van der Waals surface area contributed by atoms with Gasteiger partial charge in [-0.3, -0.25) is 0 Å². The van der Waals surface area contributed by atoms with Gasteiger partial charge in [0.25, 0.3) is 0 Å². The largest absolute Gasteiger partial charge is 0.490 e. The van der Waals surface area contributed by atoms with Crippen LogP contribution in [0.1, 0.15) is 52.0 Å². The molecule has 1 aliphatic rings. The standard InChI is InChI=1S/C18H27FO4/c1-4-7-18(22-10-11-23-18)14-12-16(20-8-5-2)17(13-15(14)19)21-9-6-3/h12-13H,4-11H2,1-3H3. The summed E-state index contributed by atoms with van der Waals surface area (Å²) < 4.78 is 37.6. The normalized spacial score (nSPS) is 16.5. The van der Waals surface area contributed by atoms with E-state index in [-0.39, 0.29) is 5.82 Å². The zero-order valence-corrected chi connectivity index (χ0v) is 14.3. The summed E-state index contributed by atoms with van der Waals surface area (Å²) in [4.78, 5) is 0. The van der Waals surface area contributed by atoms with E-state index in [0.29, 0.717) is 49.9 Å². The van der Waals surface area contributed by atoms with Crippen molar-refractivity contribution in [3.63, 3.8) is 0 Å². The average Bonchev–Trinajstić information content (AvgIpc) is 3.01. The highest BCUT2D eigenvalue weighted by atomic mass is 19.1. The highest BCUT2D eigenvalue weighted by Gasteiger charge is 2.40. The van der Waals surface area contributed by atoms with Crippen LogP contribution in [0.4, 0.5) is 4.39 Å². The lowest BCUT2D eigenvalue weighted by Crippen LogP contribution is -2.28. The Kier molecular flexibility index (Phi) is 6.66. The Bertz CT molecular complexity index is 498. The van der Waals surface area contributed by atoms with E-state index in [0.717, 1.165) is 19.3 Å². The summed E-state index contributed by atoms with van der Waals surface area (Å²) in [6, 6.07) is 3.06. The highest BCUT2D eigenvalue weighted by Crippen LogP contribution is 2.41. The van der Waals surface area contributed by atoms with Crippen molar-refractivity contribution in [2.45, 2.75) is 52.2 Å². The molecule has 0 N–H and O–H groups in total. The van der Waals surface area contributed by atoms with Crippen molar-refractivity contribution in [2.75, 3.05) is 26.4 Å². The molecular formula is C18H27FO4. The van der Waals surface area contributed by atoms with Crippen molar-refractivity contribution in [3.8, 4) is 11.5 Å². The first-order valence-corrected chi connectivity index (χ1v) is 8.54. The van der Waals surface area contributed by atoms with Gasteiger partial charge in [0.2, 0.25) is 0 Å². The minimum Gasteiger partial charge on any atom is -0.490 e. The van der Waals surface area contributed by atoms with E-state index in [9.17, 15) is 4.39 Å². The van der Waals surface area contributed by atoms with Crippen LogP contribution in [0.25, 0.3) is 0 Å². The van der Waals surface area contributed by atoms with Gasteiger partial charge in [0.15, 0.2) is 17.3 Å². The van der Waals surface area contributed by atoms with E-state index in [4.69, 9.17) is 18.9 Å². The second-order valence-electron chi connectivity index (χ2n) is 5.68. The van der Waals surface area contributed by atoms with Crippen molar-refractivity contribution in [2.24, 2.45) is 0 Å². The van der Waals surface area contributed by atoms with Crippen LogP contribution >= 0.6 is 0 Å². The van der Waals surface area contributed by atoms with Gasteiger partial charge in [0.05, 0.1) is 32.0 Å². The molecule has 1 heterocycles. The molecule has 0 spiro atoms. The van der Waals surface area contributed by atoms with Gasteiger partial charge < -0.3 is 18.9 Å². The zero-order valence-electron chi connectivity index (χ0n) is 14.3. The lowest BCUT2D eigenvalue weighted by molar-refractivity contribution is -0.173. The average molecular weight is 326 g/mol. The molecule has 1 saturated heterocycles. The van der Waals surface area contributed by atoms with E-state index in [2.05, 4.69) is 0 Å². The number of hydrogen-bond acceptors (Lipinski definition) is 4. The van der Waals surface area contributed by atoms with Crippen molar-refractivity contribution in [1.82, 2.24) is 0 Å². The maximum absolute atomic E-state index is 14.7. The Morgan fingerprint density at radius 2 is 1.52 bits per heavy atom. The fourth-order valence-corrected chi connectivity index (χ4v) is 2.70. The van der Waals surface area contributed by atoms with Crippen LogP contribution in [0.5, 0.6) is 11.5 Å². The minimum absolute atomic E-state index is 0.379. The van der Waals surface area contributed by atoms with E-state index < -0.39 is 5.79 Å². The molecule has 1 fully saturated rings. The summed E-state index contributed by atoms with van der Waals surface area (Å²) in [5.74, 6) is -0.403. The molecule has 0 aromatic heterocycles. The van der Waals surface area contributed by atoms with Crippen LogP contribution in [0, 0.1) is 5.82 Å². The molecule has 23 heavy (non-hydrogen) atoms. The number of halogens is 1. The summed E-state index contributed by atoms with van der Waals surface area (Å²) in [6.07, 6.45) is 3.15. The minimum atomic E-state index is -1.01. The van der Waals surface area contributed by atoms with Crippen molar-refractivity contribution >= 4 is 0 Å². The first kappa shape index (κ1) is 18.0. The van der Waals surface area contributed by atoms with Gasteiger partial charge in [-0.1, -0.05) is 27.2 Å². The molecule has 2 rings (SSSR count). The fraction of sp³-hybridized carbons (Fsp3) is 0.667.